The molecule has 0 spiro atoms. The summed E-state index contributed by atoms with van der Waals surface area (Å²) in [5.74, 6) is 2.52. The monoisotopic (exact) mass is 294 g/mol. The number of nitrogens with zero attached hydrogens (tertiary/aromatic N) is 2. The Hall–Kier alpha value is -1.22. The highest BCUT2D eigenvalue weighted by molar-refractivity contribution is 6.17. The topological polar surface area (TPSA) is 27.1 Å². The molecule has 0 radical (unpaired) electrons. The van der Waals surface area contributed by atoms with Crippen LogP contribution in [-0.2, 0) is 6.42 Å². The van der Waals surface area contributed by atoms with Gasteiger partial charge in [-0.1, -0.05) is 19.9 Å². The standard InChI is InChI=1S/C16H23ClN2O/c1-4-11-20-14-8-6-7-13-16(14)18-15(9-10-17)19(13)12(3)5-2/h6-8,12H,4-5,9-11H2,1-3H3. The fourth-order valence-electron chi connectivity index (χ4n) is 2.40. The van der Waals surface area contributed by atoms with E-state index in [2.05, 4.69) is 31.4 Å². The van der Waals surface area contributed by atoms with Gasteiger partial charge in [-0.3, -0.25) is 0 Å². The third-order valence-corrected chi connectivity index (χ3v) is 3.76. The van der Waals surface area contributed by atoms with Crippen LogP contribution in [0.5, 0.6) is 5.75 Å². The van der Waals surface area contributed by atoms with E-state index >= 15 is 0 Å². The minimum absolute atomic E-state index is 0.416. The van der Waals surface area contributed by atoms with Crippen LogP contribution in [0.2, 0.25) is 0 Å². The van der Waals surface area contributed by atoms with Gasteiger partial charge in [-0.05, 0) is 31.9 Å². The molecule has 4 heteroatoms. The molecule has 110 valence electrons. The summed E-state index contributed by atoms with van der Waals surface area (Å²) in [6, 6.07) is 6.57. The second-order valence-corrected chi connectivity index (χ2v) is 5.44. The molecule has 1 atom stereocenters. The molecular weight excluding hydrogens is 272 g/mol. The molecule has 20 heavy (non-hydrogen) atoms. The molecule has 0 amide bonds. The van der Waals surface area contributed by atoms with Crippen LogP contribution in [0, 0.1) is 0 Å². The van der Waals surface area contributed by atoms with Gasteiger partial charge in [-0.15, -0.1) is 11.6 Å². The molecule has 0 saturated heterocycles. The van der Waals surface area contributed by atoms with E-state index in [-0.39, 0.29) is 0 Å². The van der Waals surface area contributed by atoms with E-state index < -0.39 is 0 Å². The second-order valence-electron chi connectivity index (χ2n) is 5.07. The summed E-state index contributed by atoms with van der Waals surface area (Å²) >= 11 is 5.92. The van der Waals surface area contributed by atoms with Crippen molar-refractivity contribution in [2.24, 2.45) is 0 Å². The lowest BCUT2D eigenvalue weighted by Crippen LogP contribution is -2.09. The summed E-state index contributed by atoms with van der Waals surface area (Å²) < 4.78 is 8.12. The molecule has 1 aromatic heterocycles. The van der Waals surface area contributed by atoms with Crippen molar-refractivity contribution >= 4 is 22.6 Å². The Bertz CT molecular complexity index is 565. The van der Waals surface area contributed by atoms with Crippen molar-refractivity contribution in [3.05, 3.63) is 24.0 Å². The zero-order chi connectivity index (χ0) is 14.5. The number of alkyl halides is 1. The van der Waals surface area contributed by atoms with E-state index in [0.29, 0.717) is 11.9 Å². The van der Waals surface area contributed by atoms with Crippen LogP contribution in [0.4, 0.5) is 0 Å². The van der Waals surface area contributed by atoms with Crippen molar-refractivity contribution in [1.82, 2.24) is 9.55 Å². The molecule has 2 aromatic rings. The molecule has 0 aliphatic heterocycles. The Morgan fingerprint density at radius 1 is 1.35 bits per heavy atom. The van der Waals surface area contributed by atoms with Crippen molar-refractivity contribution in [3.8, 4) is 5.75 Å². The molecule has 0 N–H and O–H groups in total. The van der Waals surface area contributed by atoms with Gasteiger partial charge in [0.1, 0.15) is 17.1 Å². The molecule has 3 nitrogen and oxygen atoms in total. The lowest BCUT2D eigenvalue weighted by molar-refractivity contribution is 0.320. The number of aromatic nitrogens is 2. The van der Waals surface area contributed by atoms with Crippen molar-refractivity contribution < 1.29 is 4.74 Å². The van der Waals surface area contributed by atoms with Gasteiger partial charge in [-0.25, -0.2) is 4.98 Å². The van der Waals surface area contributed by atoms with E-state index in [4.69, 9.17) is 21.3 Å². The van der Waals surface area contributed by atoms with E-state index in [1.165, 1.54) is 0 Å². The van der Waals surface area contributed by atoms with Crippen LogP contribution in [-0.4, -0.2) is 22.0 Å². The average molecular weight is 295 g/mol. The van der Waals surface area contributed by atoms with Gasteiger partial charge in [0.2, 0.25) is 0 Å². The average Bonchev–Trinajstić information content (AvgIpc) is 2.83. The van der Waals surface area contributed by atoms with Gasteiger partial charge in [0, 0.05) is 18.3 Å². The van der Waals surface area contributed by atoms with Gasteiger partial charge >= 0.3 is 0 Å². The fraction of sp³-hybridized carbons (Fsp3) is 0.562. The normalized spacial score (nSPS) is 12.8. The number of para-hydroxylation sites is 1. The number of imidazole rings is 1. The predicted molar refractivity (Wildman–Crippen MR) is 84.9 cm³/mol. The third-order valence-electron chi connectivity index (χ3n) is 3.57. The number of aryl methyl sites for hydroxylation is 1. The Morgan fingerprint density at radius 3 is 2.80 bits per heavy atom. The minimum atomic E-state index is 0.416. The summed E-state index contributed by atoms with van der Waals surface area (Å²) in [6.45, 7) is 7.24. The zero-order valence-corrected chi connectivity index (χ0v) is 13.3. The van der Waals surface area contributed by atoms with Gasteiger partial charge < -0.3 is 9.30 Å². The molecule has 1 aromatic carbocycles. The number of benzene rings is 1. The number of hydrogen-bond acceptors (Lipinski definition) is 2. The first-order valence-electron chi connectivity index (χ1n) is 7.41. The van der Waals surface area contributed by atoms with Crippen LogP contribution < -0.4 is 4.74 Å². The molecule has 0 saturated carbocycles. The molecule has 0 aliphatic carbocycles. The summed E-state index contributed by atoms with van der Waals surface area (Å²) in [6.07, 6.45) is 2.85. The second kappa shape index (κ2) is 6.98. The van der Waals surface area contributed by atoms with E-state index in [1.807, 2.05) is 12.1 Å². The number of rotatable bonds is 7. The maximum atomic E-state index is 5.92. The van der Waals surface area contributed by atoms with Crippen molar-refractivity contribution in [3.63, 3.8) is 0 Å². The summed E-state index contributed by atoms with van der Waals surface area (Å²) in [4.78, 5) is 4.78. The Kier molecular flexibility index (Phi) is 5.30. The Balaban J connectivity index is 2.54. The molecule has 1 unspecified atom stereocenters. The van der Waals surface area contributed by atoms with E-state index in [0.717, 1.165) is 48.5 Å². The summed E-state index contributed by atoms with van der Waals surface area (Å²) in [5, 5.41) is 0. The van der Waals surface area contributed by atoms with Crippen LogP contribution in [0.1, 0.15) is 45.5 Å². The van der Waals surface area contributed by atoms with Gasteiger partial charge in [0.25, 0.3) is 0 Å². The molecule has 1 heterocycles. The lowest BCUT2D eigenvalue weighted by Gasteiger charge is -2.15. The largest absolute Gasteiger partial charge is 0.491 e. The van der Waals surface area contributed by atoms with Crippen molar-refractivity contribution in [2.45, 2.75) is 46.1 Å². The van der Waals surface area contributed by atoms with Crippen LogP contribution >= 0.6 is 11.6 Å². The highest BCUT2D eigenvalue weighted by Crippen LogP contribution is 2.29. The summed E-state index contributed by atoms with van der Waals surface area (Å²) in [5.41, 5.74) is 2.11. The number of halogens is 1. The smallest absolute Gasteiger partial charge is 0.147 e. The summed E-state index contributed by atoms with van der Waals surface area (Å²) in [7, 11) is 0. The quantitative estimate of drug-likeness (QED) is 0.699. The van der Waals surface area contributed by atoms with Gasteiger partial charge in [0.05, 0.1) is 12.1 Å². The predicted octanol–water partition coefficient (Wildman–Crippen LogP) is 4.58. The minimum Gasteiger partial charge on any atom is -0.491 e. The van der Waals surface area contributed by atoms with Gasteiger partial charge in [0.15, 0.2) is 0 Å². The number of ether oxygens (including phenoxy) is 1. The van der Waals surface area contributed by atoms with E-state index in [9.17, 15) is 0 Å². The third kappa shape index (κ3) is 2.93. The van der Waals surface area contributed by atoms with Crippen molar-refractivity contribution in [2.75, 3.05) is 12.5 Å². The molecule has 0 fully saturated rings. The van der Waals surface area contributed by atoms with E-state index in [1.54, 1.807) is 0 Å². The molecule has 2 rings (SSSR count). The first-order valence-corrected chi connectivity index (χ1v) is 7.94. The first kappa shape index (κ1) is 15.2. The molecular formula is C16H23ClN2O. The van der Waals surface area contributed by atoms with Gasteiger partial charge in [-0.2, -0.15) is 0 Å². The Morgan fingerprint density at radius 2 is 2.15 bits per heavy atom. The highest BCUT2D eigenvalue weighted by atomic mass is 35.5. The van der Waals surface area contributed by atoms with Crippen LogP contribution in [0.3, 0.4) is 0 Å². The lowest BCUT2D eigenvalue weighted by atomic mass is 10.2. The zero-order valence-electron chi connectivity index (χ0n) is 12.5. The number of fused-ring (bicyclic) bond motifs is 1. The highest BCUT2D eigenvalue weighted by Gasteiger charge is 2.17. The maximum Gasteiger partial charge on any atom is 0.147 e. The molecule has 0 bridgehead atoms. The maximum absolute atomic E-state index is 5.92. The SMILES string of the molecule is CCCOc1cccc2c1nc(CCCl)n2C(C)CC. The van der Waals surface area contributed by atoms with Crippen LogP contribution in [0.25, 0.3) is 11.0 Å². The van der Waals surface area contributed by atoms with Crippen molar-refractivity contribution in [1.29, 1.82) is 0 Å². The fourth-order valence-corrected chi connectivity index (χ4v) is 2.57. The number of hydrogen-bond donors (Lipinski definition) is 0. The first-order chi connectivity index (χ1) is 9.72. The molecule has 0 aliphatic rings. The Labute approximate surface area is 125 Å². The van der Waals surface area contributed by atoms with Crippen LogP contribution in [0.15, 0.2) is 18.2 Å².